The first kappa shape index (κ1) is 13.4. The second kappa shape index (κ2) is 5.11. The third kappa shape index (κ3) is 2.37. The summed E-state index contributed by atoms with van der Waals surface area (Å²) >= 11 is 3.23. The van der Waals surface area contributed by atoms with Gasteiger partial charge < -0.3 is 10.6 Å². The largest absolute Gasteiger partial charge is 0.476 e. The maximum Gasteiger partial charge on any atom is 0.357 e. The molecule has 0 saturated heterocycles. The first-order valence-electron chi connectivity index (χ1n) is 4.65. The molecule has 0 spiro atoms. The lowest BCUT2D eigenvalue weighted by molar-refractivity contribution is 0.0689. The molecule has 2 rings (SSSR count). The standard InChI is InChI=1S/C11H9BrN2O2.H2O/c1-7-9(12)10(11(15)16)13-14(7)8-5-3-2-4-6-8;/h2-6H,1H3,(H,15,16);1H2. The number of aromatic carboxylic acids is 1. The lowest BCUT2D eigenvalue weighted by Gasteiger charge is -2.02. The molecule has 0 fully saturated rings. The Hall–Kier alpha value is -1.66. The highest BCUT2D eigenvalue weighted by Crippen LogP contribution is 2.23. The molecule has 0 atom stereocenters. The van der Waals surface area contributed by atoms with E-state index < -0.39 is 5.97 Å². The third-order valence-corrected chi connectivity index (χ3v) is 3.20. The molecule has 6 heteroatoms. The van der Waals surface area contributed by atoms with Gasteiger partial charge in [0.2, 0.25) is 0 Å². The molecule has 2 aromatic rings. The zero-order chi connectivity index (χ0) is 11.7. The summed E-state index contributed by atoms with van der Waals surface area (Å²) in [5.41, 5.74) is 1.64. The molecule has 1 heterocycles. The Bertz CT molecular complexity index is 537. The summed E-state index contributed by atoms with van der Waals surface area (Å²) in [4.78, 5) is 10.9. The monoisotopic (exact) mass is 298 g/mol. The number of carbonyl (C=O) groups is 1. The summed E-state index contributed by atoms with van der Waals surface area (Å²) in [5, 5.41) is 13.0. The van der Waals surface area contributed by atoms with Gasteiger partial charge in [-0.15, -0.1) is 0 Å². The Labute approximate surface area is 106 Å². The number of carboxylic acid groups (broad SMARTS) is 1. The molecule has 1 aromatic heterocycles. The minimum absolute atomic E-state index is 0. The van der Waals surface area contributed by atoms with Crippen molar-refractivity contribution >= 4 is 21.9 Å². The first-order valence-corrected chi connectivity index (χ1v) is 5.44. The first-order chi connectivity index (χ1) is 7.61. The van der Waals surface area contributed by atoms with Crippen molar-refractivity contribution in [3.63, 3.8) is 0 Å². The Morgan fingerprint density at radius 3 is 2.41 bits per heavy atom. The van der Waals surface area contributed by atoms with E-state index in [1.54, 1.807) is 4.68 Å². The number of rotatable bonds is 2. The van der Waals surface area contributed by atoms with Gasteiger partial charge in [0.15, 0.2) is 5.69 Å². The van der Waals surface area contributed by atoms with Crippen LogP contribution in [0.15, 0.2) is 34.8 Å². The Kier molecular flexibility index (Phi) is 4.03. The van der Waals surface area contributed by atoms with E-state index in [1.807, 2.05) is 37.3 Å². The van der Waals surface area contributed by atoms with Crippen molar-refractivity contribution in [2.75, 3.05) is 0 Å². The SMILES string of the molecule is Cc1c(Br)c(C(=O)O)nn1-c1ccccc1.O. The normalized spacial score (nSPS) is 9.76. The minimum Gasteiger partial charge on any atom is -0.476 e. The van der Waals surface area contributed by atoms with Gasteiger partial charge in [-0.2, -0.15) is 5.10 Å². The number of nitrogens with zero attached hydrogens (tertiary/aromatic N) is 2. The molecule has 0 unspecified atom stereocenters. The van der Waals surface area contributed by atoms with Crippen molar-refractivity contribution in [3.8, 4) is 5.69 Å². The third-order valence-electron chi connectivity index (χ3n) is 2.25. The Balaban J connectivity index is 0.00000144. The molecule has 0 bridgehead atoms. The number of aromatic nitrogens is 2. The van der Waals surface area contributed by atoms with Crippen molar-refractivity contribution in [1.82, 2.24) is 9.78 Å². The summed E-state index contributed by atoms with van der Waals surface area (Å²) < 4.78 is 2.12. The van der Waals surface area contributed by atoms with E-state index in [2.05, 4.69) is 21.0 Å². The van der Waals surface area contributed by atoms with Crippen molar-refractivity contribution in [1.29, 1.82) is 0 Å². The van der Waals surface area contributed by atoms with Crippen LogP contribution < -0.4 is 0 Å². The van der Waals surface area contributed by atoms with E-state index in [1.165, 1.54) is 0 Å². The van der Waals surface area contributed by atoms with Crippen LogP contribution in [0, 0.1) is 6.92 Å². The van der Waals surface area contributed by atoms with Crippen LogP contribution >= 0.6 is 15.9 Å². The van der Waals surface area contributed by atoms with Crippen LogP contribution in [0.4, 0.5) is 0 Å². The van der Waals surface area contributed by atoms with Crippen molar-refractivity contribution in [2.24, 2.45) is 0 Å². The van der Waals surface area contributed by atoms with Crippen LogP contribution in [0.5, 0.6) is 0 Å². The maximum absolute atomic E-state index is 10.9. The van der Waals surface area contributed by atoms with Crippen LogP contribution in [-0.2, 0) is 0 Å². The molecule has 1 aromatic carbocycles. The predicted molar refractivity (Wildman–Crippen MR) is 66.6 cm³/mol. The average molecular weight is 299 g/mol. The van der Waals surface area contributed by atoms with Gasteiger partial charge in [0.1, 0.15) is 0 Å². The van der Waals surface area contributed by atoms with Crippen LogP contribution in [0.25, 0.3) is 5.69 Å². The van der Waals surface area contributed by atoms with E-state index in [-0.39, 0.29) is 11.2 Å². The second-order valence-electron chi connectivity index (χ2n) is 3.30. The van der Waals surface area contributed by atoms with E-state index >= 15 is 0 Å². The molecule has 90 valence electrons. The van der Waals surface area contributed by atoms with E-state index in [0.29, 0.717) is 4.47 Å². The highest BCUT2D eigenvalue weighted by atomic mass is 79.9. The van der Waals surface area contributed by atoms with Crippen LogP contribution in [-0.4, -0.2) is 26.3 Å². The maximum atomic E-state index is 10.9. The number of para-hydroxylation sites is 1. The zero-order valence-corrected chi connectivity index (χ0v) is 10.6. The van der Waals surface area contributed by atoms with Gasteiger partial charge >= 0.3 is 5.97 Å². The Morgan fingerprint density at radius 1 is 1.35 bits per heavy atom. The second-order valence-corrected chi connectivity index (χ2v) is 4.09. The average Bonchev–Trinajstić information content (AvgIpc) is 2.58. The summed E-state index contributed by atoms with van der Waals surface area (Å²) in [6.45, 7) is 1.82. The zero-order valence-electron chi connectivity index (χ0n) is 9.01. The van der Waals surface area contributed by atoms with Crippen molar-refractivity contribution in [2.45, 2.75) is 6.92 Å². The summed E-state index contributed by atoms with van der Waals surface area (Å²) in [6.07, 6.45) is 0. The molecule has 0 aliphatic heterocycles. The molecule has 3 N–H and O–H groups in total. The number of halogens is 1. The molecule has 5 nitrogen and oxygen atoms in total. The Morgan fingerprint density at radius 2 is 1.94 bits per heavy atom. The number of hydrogen-bond acceptors (Lipinski definition) is 2. The molecule has 0 radical (unpaired) electrons. The summed E-state index contributed by atoms with van der Waals surface area (Å²) in [7, 11) is 0. The molecule has 0 aliphatic rings. The van der Waals surface area contributed by atoms with Gasteiger partial charge in [0.25, 0.3) is 0 Å². The molecule has 0 saturated carbocycles. The van der Waals surface area contributed by atoms with Crippen LogP contribution in [0.1, 0.15) is 16.2 Å². The smallest absolute Gasteiger partial charge is 0.357 e. The lowest BCUT2D eigenvalue weighted by atomic mass is 10.3. The minimum atomic E-state index is -1.04. The van der Waals surface area contributed by atoms with E-state index in [4.69, 9.17) is 5.11 Å². The van der Waals surface area contributed by atoms with E-state index in [0.717, 1.165) is 11.4 Å². The predicted octanol–water partition coefficient (Wildman–Crippen LogP) is 1.82. The van der Waals surface area contributed by atoms with Gasteiger partial charge in [-0.25, -0.2) is 9.48 Å². The highest BCUT2D eigenvalue weighted by Gasteiger charge is 2.18. The summed E-state index contributed by atoms with van der Waals surface area (Å²) in [5.74, 6) is -1.04. The van der Waals surface area contributed by atoms with Gasteiger partial charge in [0.05, 0.1) is 15.9 Å². The fourth-order valence-corrected chi connectivity index (χ4v) is 1.86. The fourth-order valence-electron chi connectivity index (χ4n) is 1.44. The molecule has 0 aliphatic carbocycles. The van der Waals surface area contributed by atoms with Gasteiger partial charge in [-0.3, -0.25) is 0 Å². The van der Waals surface area contributed by atoms with Crippen molar-refractivity contribution < 1.29 is 15.4 Å². The molecule has 17 heavy (non-hydrogen) atoms. The summed E-state index contributed by atoms with van der Waals surface area (Å²) in [6, 6.07) is 9.40. The lowest BCUT2D eigenvalue weighted by Crippen LogP contribution is -2.01. The topological polar surface area (TPSA) is 86.6 Å². The number of carboxylic acids is 1. The van der Waals surface area contributed by atoms with Crippen LogP contribution in [0.3, 0.4) is 0 Å². The number of benzene rings is 1. The van der Waals surface area contributed by atoms with Crippen LogP contribution in [0.2, 0.25) is 0 Å². The highest BCUT2D eigenvalue weighted by molar-refractivity contribution is 9.10. The van der Waals surface area contributed by atoms with Crippen molar-refractivity contribution in [3.05, 3.63) is 46.2 Å². The molecule has 0 amide bonds. The van der Waals surface area contributed by atoms with Gasteiger partial charge in [-0.1, -0.05) is 18.2 Å². The van der Waals surface area contributed by atoms with Gasteiger partial charge in [0, 0.05) is 0 Å². The van der Waals surface area contributed by atoms with E-state index in [9.17, 15) is 4.79 Å². The quantitative estimate of drug-likeness (QED) is 0.917. The van der Waals surface area contributed by atoms with Gasteiger partial charge in [-0.05, 0) is 35.0 Å². The molecular weight excluding hydrogens is 288 g/mol. The molecular formula is C11H11BrN2O3. The fraction of sp³-hybridized carbons (Fsp3) is 0.0909. The number of hydrogen-bond donors (Lipinski definition) is 1.